The Morgan fingerprint density at radius 1 is 1.44 bits per heavy atom. The van der Waals surface area contributed by atoms with Crippen molar-refractivity contribution in [2.24, 2.45) is 0 Å². The van der Waals surface area contributed by atoms with Crippen LogP contribution >= 0.6 is 0 Å². The van der Waals surface area contributed by atoms with Crippen LogP contribution < -0.4 is 0 Å². The van der Waals surface area contributed by atoms with E-state index in [1.165, 1.54) is 12.4 Å². The summed E-state index contributed by atoms with van der Waals surface area (Å²) >= 11 is 0. The number of hydrogen-bond donors (Lipinski definition) is 0. The molecule has 1 nitrogen and oxygen atoms in total. The summed E-state index contributed by atoms with van der Waals surface area (Å²) in [5, 5.41) is 0. The van der Waals surface area contributed by atoms with Crippen LogP contribution in [0, 0.1) is 0 Å². The predicted octanol–water partition coefficient (Wildman–Crippen LogP) is 2.02. The lowest BCUT2D eigenvalue weighted by Gasteiger charge is -1.90. The minimum atomic E-state index is -0.419. The van der Waals surface area contributed by atoms with E-state index in [0.29, 0.717) is 5.56 Å². The van der Waals surface area contributed by atoms with Gasteiger partial charge in [-0.2, -0.15) is 0 Å². The van der Waals surface area contributed by atoms with Gasteiger partial charge in [-0.25, -0.2) is 4.39 Å². The van der Waals surface area contributed by atoms with Gasteiger partial charge in [-0.1, -0.05) is 6.58 Å². The second-order valence-corrected chi connectivity index (χ2v) is 1.64. The summed E-state index contributed by atoms with van der Waals surface area (Å²) in [6.07, 6.45) is 3.06. The van der Waals surface area contributed by atoms with E-state index in [-0.39, 0.29) is 0 Å². The van der Waals surface area contributed by atoms with Crippen molar-refractivity contribution < 1.29 is 4.39 Å². The highest BCUT2D eigenvalue weighted by Crippen LogP contribution is 2.09. The lowest BCUT2D eigenvalue weighted by atomic mass is 10.2. The van der Waals surface area contributed by atoms with E-state index in [9.17, 15) is 4.39 Å². The van der Waals surface area contributed by atoms with Crippen LogP contribution in [0.4, 0.5) is 4.39 Å². The fourth-order valence-electron chi connectivity index (χ4n) is 0.533. The van der Waals surface area contributed by atoms with E-state index in [0.717, 1.165) is 0 Å². The Hall–Kier alpha value is -1.18. The maximum Gasteiger partial charge on any atom is 0.123 e. The molecule has 0 radical (unpaired) electrons. The molecule has 0 N–H and O–H groups in total. The summed E-state index contributed by atoms with van der Waals surface area (Å²) < 4.78 is 12.2. The average molecular weight is 123 g/mol. The Bertz CT molecular complexity index is 205. The quantitative estimate of drug-likeness (QED) is 0.556. The first-order valence-corrected chi connectivity index (χ1v) is 2.55. The third-order valence-electron chi connectivity index (χ3n) is 0.994. The monoisotopic (exact) mass is 123 g/mol. The summed E-state index contributed by atoms with van der Waals surface area (Å²) in [6, 6.07) is 3.14. The molecule has 0 atom stereocenters. The van der Waals surface area contributed by atoms with Crippen molar-refractivity contribution in [2.75, 3.05) is 0 Å². The summed E-state index contributed by atoms with van der Waals surface area (Å²) in [4.78, 5) is 3.72. The Balaban J connectivity index is 2.98. The molecule has 1 heterocycles. The van der Waals surface area contributed by atoms with Crippen LogP contribution in [0.5, 0.6) is 0 Å². The van der Waals surface area contributed by atoms with Gasteiger partial charge in [-0.05, 0) is 12.1 Å². The van der Waals surface area contributed by atoms with Gasteiger partial charge in [-0.15, -0.1) is 0 Å². The maximum atomic E-state index is 12.2. The zero-order valence-corrected chi connectivity index (χ0v) is 4.84. The van der Waals surface area contributed by atoms with Gasteiger partial charge in [0.25, 0.3) is 0 Å². The second kappa shape index (κ2) is 2.40. The second-order valence-electron chi connectivity index (χ2n) is 1.64. The molecule has 1 rings (SSSR count). The molecule has 0 aromatic carbocycles. The molecule has 2 heteroatoms. The predicted molar refractivity (Wildman–Crippen MR) is 34.4 cm³/mol. The highest BCUT2D eigenvalue weighted by molar-refractivity contribution is 5.55. The number of hydrogen-bond acceptors (Lipinski definition) is 1. The molecule has 0 fully saturated rings. The zero-order chi connectivity index (χ0) is 6.69. The Morgan fingerprint density at radius 3 is 2.33 bits per heavy atom. The fraction of sp³-hybridized carbons (Fsp3) is 0. The number of aromatic nitrogens is 1. The number of nitrogens with zero attached hydrogens (tertiary/aromatic N) is 1. The van der Waals surface area contributed by atoms with Gasteiger partial charge in [0.05, 0.1) is 0 Å². The molecule has 0 saturated carbocycles. The lowest BCUT2D eigenvalue weighted by molar-refractivity contribution is 0.763. The van der Waals surface area contributed by atoms with Crippen LogP contribution in [-0.2, 0) is 0 Å². The van der Waals surface area contributed by atoms with Crippen LogP contribution in [-0.4, -0.2) is 4.98 Å². The van der Waals surface area contributed by atoms with E-state index < -0.39 is 5.83 Å². The van der Waals surface area contributed by atoms with Crippen LogP contribution in [0.25, 0.3) is 5.83 Å². The standard InChI is InChI=1S/C7H6FN/c1-6(8)7-2-4-9-5-3-7/h2-5H,1H2. The van der Waals surface area contributed by atoms with Crippen molar-refractivity contribution in [3.05, 3.63) is 36.7 Å². The van der Waals surface area contributed by atoms with Gasteiger partial charge >= 0.3 is 0 Å². The smallest absolute Gasteiger partial charge is 0.123 e. The molecule has 1 aromatic heterocycles. The Labute approximate surface area is 52.9 Å². The molecule has 0 saturated heterocycles. The van der Waals surface area contributed by atoms with Crippen molar-refractivity contribution in [1.29, 1.82) is 0 Å². The van der Waals surface area contributed by atoms with Crippen LogP contribution in [0.3, 0.4) is 0 Å². The van der Waals surface area contributed by atoms with E-state index in [1.54, 1.807) is 12.1 Å². The molecule has 0 spiro atoms. The van der Waals surface area contributed by atoms with Crippen molar-refractivity contribution >= 4 is 5.83 Å². The summed E-state index contributed by atoms with van der Waals surface area (Å²) in [6.45, 7) is 3.13. The highest BCUT2D eigenvalue weighted by atomic mass is 19.1. The van der Waals surface area contributed by atoms with Gasteiger partial charge in [0.15, 0.2) is 0 Å². The van der Waals surface area contributed by atoms with E-state index in [4.69, 9.17) is 0 Å². The molecular formula is C7H6FN. The van der Waals surface area contributed by atoms with Crippen LogP contribution in [0.15, 0.2) is 31.1 Å². The van der Waals surface area contributed by atoms with Crippen molar-refractivity contribution in [1.82, 2.24) is 4.98 Å². The summed E-state index contributed by atoms with van der Waals surface area (Å²) in [5.41, 5.74) is 0.491. The number of halogens is 1. The Kier molecular flexibility index (Phi) is 1.58. The third kappa shape index (κ3) is 1.35. The minimum Gasteiger partial charge on any atom is -0.265 e. The number of rotatable bonds is 1. The lowest BCUT2D eigenvalue weighted by Crippen LogP contribution is -1.74. The molecule has 9 heavy (non-hydrogen) atoms. The zero-order valence-electron chi connectivity index (χ0n) is 4.84. The van der Waals surface area contributed by atoms with Crippen molar-refractivity contribution in [3.63, 3.8) is 0 Å². The summed E-state index contributed by atoms with van der Waals surface area (Å²) in [5.74, 6) is -0.419. The highest BCUT2D eigenvalue weighted by Gasteiger charge is 1.91. The van der Waals surface area contributed by atoms with Crippen LogP contribution in [0.2, 0.25) is 0 Å². The molecule has 1 aromatic rings. The van der Waals surface area contributed by atoms with Gasteiger partial charge in [0.1, 0.15) is 5.83 Å². The number of pyridine rings is 1. The van der Waals surface area contributed by atoms with E-state index in [1.807, 2.05) is 0 Å². The van der Waals surface area contributed by atoms with E-state index in [2.05, 4.69) is 11.6 Å². The summed E-state index contributed by atoms with van der Waals surface area (Å²) in [7, 11) is 0. The van der Waals surface area contributed by atoms with Gasteiger partial charge in [0.2, 0.25) is 0 Å². The third-order valence-corrected chi connectivity index (χ3v) is 0.994. The minimum absolute atomic E-state index is 0.419. The molecule has 0 aliphatic heterocycles. The molecular weight excluding hydrogens is 117 g/mol. The Morgan fingerprint density at radius 2 is 2.00 bits per heavy atom. The largest absolute Gasteiger partial charge is 0.265 e. The SMILES string of the molecule is C=C(F)c1ccncc1. The molecule has 0 unspecified atom stereocenters. The van der Waals surface area contributed by atoms with Gasteiger partial charge in [-0.3, -0.25) is 4.98 Å². The van der Waals surface area contributed by atoms with Crippen LogP contribution in [0.1, 0.15) is 5.56 Å². The van der Waals surface area contributed by atoms with Crippen molar-refractivity contribution in [3.8, 4) is 0 Å². The maximum absolute atomic E-state index is 12.2. The van der Waals surface area contributed by atoms with Crippen molar-refractivity contribution in [2.45, 2.75) is 0 Å². The topological polar surface area (TPSA) is 12.9 Å². The molecule has 0 amide bonds. The first-order chi connectivity index (χ1) is 4.30. The molecule has 46 valence electrons. The normalized spacial score (nSPS) is 9.00. The van der Waals surface area contributed by atoms with Gasteiger partial charge < -0.3 is 0 Å². The first kappa shape index (κ1) is 5.95. The average Bonchev–Trinajstić information content (AvgIpc) is 1.90. The first-order valence-electron chi connectivity index (χ1n) is 2.55. The fourth-order valence-corrected chi connectivity index (χ4v) is 0.533. The molecule has 0 bridgehead atoms. The molecule has 0 aliphatic rings. The van der Waals surface area contributed by atoms with Gasteiger partial charge in [0, 0.05) is 18.0 Å². The van der Waals surface area contributed by atoms with E-state index >= 15 is 0 Å². The molecule has 0 aliphatic carbocycles.